The molecule has 1 fully saturated rings. The third-order valence-corrected chi connectivity index (χ3v) is 4.27. The molecule has 118 valence electrons. The van der Waals surface area contributed by atoms with E-state index in [4.69, 9.17) is 4.74 Å². The Morgan fingerprint density at radius 3 is 2.86 bits per heavy atom. The van der Waals surface area contributed by atoms with Gasteiger partial charge in [-0.3, -0.25) is 4.90 Å². The van der Waals surface area contributed by atoms with Crippen molar-refractivity contribution in [2.45, 2.75) is 38.3 Å². The van der Waals surface area contributed by atoms with Gasteiger partial charge in [-0.25, -0.2) is 4.39 Å². The van der Waals surface area contributed by atoms with Gasteiger partial charge >= 0.3 is 0 Å². The number of nitrogens with zero attached hydrogens (tertiary/aromatic N) is 2. The number of methoxy groups -OCH3 is 1. The minimum absolute atomic E-state index is 0.187. The first-order valence-corrected chi connectivity index (χ1v) is 7.81. The van der Waals surface area contributed by atoms with Gasteiger partial charge in [0.05, 0.1) is 7.11 Å². The number of rotatable bonds is 6. The third-order valence-electron chi connectivity index (χ3n) is 4.27. The van der Waals surface area contributed by atoms with Gasteiger partial charge in [0.25, 0.3) is 0 Å². The highest BCUT2D eigenvalue weighted by Gasteiger charge is 2.23. The second-order valence-electron chi connectivity index (χ2n) is 6.17. The zero-order valence-electron chi connectivity index (χ0n) is 13.4. The molecule has 0 amide bonds. The molecule has 1 heterocycles. The Morgan fingerprint density at radius 2 is 2.14 bits per heavy atom. The molecule has 0 radical (unpaired) electrons. The Kier molecular flexibility index (Phi) is 6.00. The van der Waals surface area contributed by atoms with Crippen molar-refractivity contribution in [2.75, 3.05) is 34.3 Å². The molecular weight excluding hydrogens is 267 g/mol. The average Bonchev–Trinajstić information content (AvgIpc) is 2.46. The zero-order valence-corrected chi connectivity index (χ0v) is 13.4. The van der Waals surface area contributed by atoms with E-state index in [1.165, 1.54) is 31.7 Å². The third kappa shape index (κ3) is 4.68. The van der Waals surface area contributed by atoms with Crippen molar-refractivity contribution in [1.82, 2.24) is 9.80 Å². The van der Waals surface area contributed by atoms with E-state index >= 15 is 0 Å². The Morgan fingerprint density at radius 1 is 1.33 bits per heavy atom. The molecule has 1 saturated heterocycles. The Balaban J connectivity index is 2.06. The van der Waals surface area contributed by atoms with Crippen molar-refractivity contribution in [1.29, 1.82) is 0 Å². The number of hydrogen-bond donors (Lipinski definition) is 0. The maximum absolute atomic E-state index is 13.5. The van der Waals surface area contributed by atoms with Crippen LogP contribution in [-0.2, 0) is 6.54 Å². The highest BCUT2D eigenvalue weighted by Crippen LogP contribution is 2.26. The monoisotopic (exact) mass is 294 g/mol. The van der Waals surface area contributed by atoms with Crippen LogP contribution in [0.25, 0.3) is 0 Å². The summed E-state index contributed by atoms with van der Waals surface area (Å²) >= 11 is 0. The summed E-state index contributed by atoms with van der Waals surface area (Å²) in [6.45, 7) is 2.97. The van der Waals surface area contributed by atoms with Gasteiger partial charge in [-0.15, -0.1) is 0 Å². The molecule has 1 aromatic rings. The van der Waals surface area contributed by atoms with Gasteiger partial charge in [0.15, 0.2) is 0 Å². The summed E-state index contributed by atoms with van der Waals surface area (Å²) in [4.78, 5) is 4.72. The van der Waals surface area contributed by atoms with Crippen LogP contribution in [0.2, 0.25) is 0 Å². The fourth-order valence-electron chi connectivity index (χ4n) is 3.09. The summed E-state index contributed by atoms with van der Waals surface area (Å²) < 4.78 is 18.9. The summed E-state index contributed by atoms with van der Waals surface area (Å²) in [6.07, 6.45) is 4.95. The van der Waals surface area contributed by atoms with Crippen LogP contribution in [-0.4, -0.2) is 50.1 Å². The van der Waals surface area contributed by atoms with E-state index in [9.17, 15) is 4.39 Å². The normalized spacial score (nSPS) is 20.0. The molecule has 0 spiro atoms. The molecule has 0 N–H and O–H groups in total. The second kappa shape index (κ2) is 7.76. The quantitative estimate of drug-likeness (QED) is 0.801. The average molecular weight is 294 g/mol. The van der Waals surface area contributed by atoms with Gasteiger partial charge in [-0.2, -0.15) is 0 Å². The molecule has 0 bridgehead atoms. The molecule has 3 nitrogen and oxygen atoms in total. The van der Waals surface area contributed by atoms with Gasteiger partial charge in [0.1, 0.15) is 11.6 Å². The highest BCUT2D eigenvalue weighted by atomic mass is 19.1. The van der Waals surface area contributed by atoms with Gasteiger partial charge in [-0.05, 0) is 64.6 Å². The van der Waals surface area contributed by atoms with Crippen LogP contribution in [0.3, 0.4) is 0 Å². The first-order chi connectivity index (χ1) is 10.1. The molecule has 0 saturated carbocycles. The Labute approximate surface area is 127 Å². The molecule has 1 atom stereocenters. The number of halogens is 1. The molecular formula is C17H27FN2O. The molecule has 0 aromatic heterocycles. The summed E-state index contributed by atoms with van der Waals surface area (Å²) in [5.74, 6) is 0.598. The number of ether oxygens (including phenoxy) is 1. The lowest BCUT2D eigenvalue weighted by Gasteiger charge is -2.36. The Bertz CT molecular complexity index is 450. The summed E-state index contributed by atoms with van der Waals surface area (Å²) in [7, 11) is 5.88. The molecule has 0 unspecified atom stereocenters. The van der Waals surface area contributed by atoms with E-state index in [1.807, 2.05) is 0 Å². The van der Waals surface area contributed by atoms with Crippen LogP contribution in [0, 0.1) is 5.82 Å². The highest BCUT2D eigenvalue weighted by molar-refractivity contribution is 5.33. The number of likely N-dealkylation sites (tertiary alicyclic amines) is 1. The summed E-state index contributed by atoms with van der Waals surface area (Å²) in [6, 6.07) is 5.39. The fourth-order valence-corrected chi connectivity index (χ4v) is 3.09. The van der Waals surface area contributed by atoms with Gasteiger partial charge in [0.2, 0.25) is 0 Å². The maximum Gasteiger partial charge on any atom is 0.123 e. The smallest absolute Gasteiger partial charge is 0.123 e. The minimum Gasteiger partial charge on any atom is -0.496 e. The van der Waals surface area contributed by atoms with E-state index in [2.05, 4.69) is 23.9 Å². The van der Waals surface area contributed by atoms with Crippen LogP contribution in [0.4, 0.5) is 4.39 Å². The SMILES string of the molecule is COc1ccc(F)cc1CN1CCCC[C@H]1CCN(C)C. The molecule has 1 aliphatic heterocycles. The minimum atomic E-state index is -0.187. The van der Waals surface area contributed by atoms with Crippen LogP contribution in [0.5, 0.6) is 5.75 Å². The predicted octanol–water partition coefficient (Wildman–Crippen LogP) is 3.14. The van der Waals surface area contributed by atoms with Crippen LogP contribution in [0.15, 0.2) is 18.2 Å². The maximum atomic E-state index is 13.5. The summed E-state index contributed by atoms with van der Waals surface area (Å²) in [5.41, 5.74) is 0.953. The van der Waals surface area contributed by atoms with E-state index in [1.54, 1.807) is 19.2 Å². The predicted molar refractivity (Wildman–Crippen MR) is 84.2 cm³/mol. The standard InChI is InChI=1S/C17H27FN2O/c1-19(2)11-9-16-6-4-5-10-20(16)13-14-12-15(18)7-8-17(14)21-3/h7-8,12,16H,4-6,9-11,13H2,1-3H3/t16-/m0/s1. The molecule has 4 heteroatoms. The topological polar surface area (TPSA) is 15.7 Å². The van der Waals surface area contributed by atoms with Crippen LogP contribution >= 0.6 is 0 Å². The number of piperidine rings is 1. The van der Waals surface area contributed by atoms with E-state index in [0.29, 0.717) is 6.04 Å². The van der Waals surface area contributed by atoms with Crippen molar-refractivity contribution in [3.8, 4) is 5.75 Å². The van der Waals surface area contributed by atoms with Crippen molar-refractivity contribution < 1.29 is 9.13 Å². The lowest BCUT2D eigenvalue weighted by molar-refractivity contribution is 0.123. The summed E-state index contributed by atoms with van der Waals surface area (Å²) in [5, 5.41) is 0. The zero-order chi connectivity index (χ0) is 15.2. The fraction of sp³-hybridized carbons (Fsp3) is 0.647. The lowest BCUT2D eigenvalue weighted by Crippen LogP contribution is -2.40. The van der Waals surface area contributed by atoms with Gasteiger partial charge in [-0.1, -0.05) is 6.42 Å². The van der Waals surface area contributed by atoms with Crippen molar-refractivity contribution >= 4 is 0 Å². The molecule has 21 heavy (non-hydrogen) atoms. The van der Waals surface area contributed by atoms with Crippen LogP contribution in [0.1, 0.15) is 31.2 Å². The van der Waals surface area contributed by atoms with Crippen molar-refractivity contribution in [3.05, 3.63) is 29.6 Å². The second-order valence-corrected chi connectivity index (χ2v) is 6.17. The molecule has 1 aromatic carbocycles. The van der Waals surface area contributed by atoms with Gasteiger partial charge in [0, 0.05) is 18.2 Å². The van der Waals surface area contributed by atoms with E-state index < -0.39 is 0 Å². The number of benzene rings is 1. The van der Waals surface area contributed by atoms with Gasteiger partial charge < -0.3 is 9.64 Å². The Hall–Kier alpha value is -1.13. The molecule has 0 aliphatic carbocycles. The van der Waals surface area contributed by atoms with E-state index in [0.717, 1.165) is 30.9 Å². The van der Waals surface area contributed by atoms with Crippen molar-refractivity contribution in [2.24, 2.45) is 0 Å². The number of hydrogen-bond acceptors (Lipinski definition) is 3. The largest absolute Gasteiger partial charge is 0.496 e. The van der Waals surface area contributed by atoms with E-state index in [-0.39, 0.29) is 5.82 Å². The first-order valence-electron chi connectivity index (χ1n) is 7.81. The lowest BCUT2D eigenvalue weighted by atomic mass is 9.98. The molecule has 2 rings (SSSR count). The molecule has 1 aliphatic rings. The van der Waals surface area contributed by atoms with Crippen molar-refractivity contribution in [3.63, 3.8) is 0 Å². The first kappa shape index (κ1) is 16.2. The van der Waals surface area contributed by atoms with Crippen LogP contribution < -0.4 is 4.74 Å².